The number of piperidine rings is 1. The fourth-order valence-electron chi connectivity index (χ4n) is 3.45. The molecular formula is C16H18Cl2N2O2. The van der Waals surface area contributed by atoms with Crippen molar-refractivity contribution in [1.82, 2.24) is 10.2 Å². The molecule has 0 unspecified atom stereocenters. The Morgan fingerprint density at radius 3 is 2.55 bits per heavy atom. The Morgan fingerprint density at radius 2 is 1.86 bits per heavy atom. The van der Waals surface area contributed by atoms with Crippen LogP contribution in [0.5, 0.6) is 0 Å². The van der Waals surface area contributed by atoms with Gasteiger partial charge in [0, 0.05) is 18.1 Å². The SMILES string of the molecule is O=C(NCC(=O)N1C[C@@H]2CC[C@@H](C2)C1)c1cc(Cl)ccc1Cl. The second-order valence-corrected chi connectivity index (χ2v) is 6.99. The maximum atomic E-state index is 12.3. The molecule has 0 radical (unpaired) electrons. The number of hydrogen-bond donors (Lipinski definition) is 1. The molecule has 1 aliphatic carbocycles. The Kier molecular flexibility index (Phi) is 4.59. The molecule has 2 bridgehead atoms. The first-order valence-corrected chi connectivity index (χ1v) is 8.29. The highest BCUT2D eigenvalue weighted by atomic mass is 35.5. The molecule has 2 fully saturated rings. The zero-order valence-electron chi connectivity index (χ0n) is 12.1. The average molecular weight is 341 g/mol. The number of nitrogens with one attached hydrogen (secondary N) is 1. The van der Waals surface area contributed by atoms with Gasteiger partial charge in [0.2, 0.25) is 5.91 Å². The van der Waals surface area contributed by atoms with E-state index in [9.17, 15) is 9.59 Å². The molecule has 1 N–H and O–H groups in total. The van der Waals surface area contributed by atoms with Crippen LogP contribution in [0.2, 0.25) is 10.0 Å². The summed E-state index contributed by atoms with van der Waals surface area (Å²) in [4.78, 5) is 26.3. The van der Waals surface area contributed by atoms with E-state index < -0.39 is 0 Å². The molecular weight excluding hydrogens is 323 g/mol. The van der Waals surface area contributed by atoms with Gasteiger partial charge in [0.25, 0.3) is 5.91 Å². The minimum atomic E-state index is -0.374. The number of carbonyl (C=O) groups excluding carboxylic acids is 2. The summed E-state index contributed by atoms with van der Waals surface area (Å²) in [5.41, 5.74) is 0.292. The number of fused-ring (bicyclic) bond motifs is 2. The van der Waals surface area contributed by atoms with Crippen molar-refractivity contribution >= 4 is 35.0 Å². The first-order valence-electron chi connectivity index (χ1n) is 7.54. The van der Waals surface area contributed by atoms with Gasteiger partial charge in [-0.15, -0.1) is 0 Å². The summed E-state index contributed by atoms with van der Waals surface area (Å²) in [6.07, 6.45) is 3.69. The molecule has 2 amide bonds. The second kappa shape index (κ2) is 6.47. The Morgan fingerprint density at radius 1 is 1.18 bits per heavy atom. The average Bonchev–Trinajstić information content (AvgIpc) is 2.85. The molecule has 0 spiro atoms. The molecule has 118 valence electrons. The van der Waals surface area contributed by atoms with Gasteiger partial charge < -0.3 is 10.2 Å². The van der Waals surface area contributed by atoms with Crippen LogP contribution < -0.4 is 5.32 Å². The van der Waals surface area contributed by atoms with Crippen molar-refractivity contribution in [2.24, 2.45) is 11.8 Å². The Labute approximate surface area is 139 Å². The van der Waals surface area contributed by atoms with E-state index in [1.165, 1.54) is 25.3 Å². The molecule has 0 aromatic heterocycles. The molecule has 1 heterocycles. The van der Waals surface area contributed by atoms with Gasteiger partial charge in [-0.2, -0.15) is 0 Å². The van der Waals surface area contributed by atoms with Crippen LogP contribution in [0.4, 0.5) is 0 Å². The number of hydrogen-bond acceptors (Lipinski definition) is 2. The van der Waals surface area contributed by atoms with E-state index in [4.69, 9.17) is 23.2 Å². The van der Waals surface area contributed by atoms with Crippen molar-refractivity contribution in [1.29, 1.82) is 0 Å². The molecule has 22 heavy (non-hydrogen) atoms. The Bertz CT molecular complexity index is 594. The molecule has 1 saturated carbocycles. The van der Waals surface area contributed by atoms with Gasteiger partial charge >= 0.3 is 0 Å². The monoisotopic (exact) mass is 340 g/mol. The number of rotatable bonds is 3. The topological polar surface area (TPSA) is 49.4 Å². The van der Waals surface area contributed by atoms with Crippen LogP contribution in [-0.2, 0) is 4.79 Å². The van der Waals surface area contributed by atoms with Crippen LogP contribution in [-0.4, -0.2) is 36.3 Å². The summed E-state index contributed by atoms with van der Waals surface area (Å²) in [5, 5.41) is 3.40. The molecule has 1 saturated heterocycles. The maximum absolute atomic E-state index is 12.3. The lowest BCUT2D eigenvalue weighted by molar-refractivity contribution is -0.132. The smallest absolute Gasteiger partial charge is 0.253 e. The number of amides is 2. The third kappa shape index (κ3) is 3.39. The third-order valence-corrected chi connectivity index (χ3v) is 5.10. The summed E-state index contributed by atoms with van der Waals surface area (Å²) < 4.78 is 0. The third-order valence-electron chi connectivity index (χ3n) is 4.53. The van der Waals surface area contributed by atoms with Gasteiger partial charge in [-0.05, 0) is 49.3 Å². The lowest BCUT2D eigenvalue weighted by atomic mass is 9.99. The number of halogens is 2. The Hall–Kier alpha value is -1.26. The van der Waals surface area contributed by atoms with E-state index in [1.807, 2.05) is 4.90 Å². The Balaban J connectivity index is 1.56. The lowest BCUT2D eigenvalue weighted by Gasteiger charge is -2.31. The van der Waals surface area contributed by atoms with Gasteiger partial charge in [0.1, 0.15) is 0 Å². The largest absolute Gasteiger partial charge is 0.343 e. The normalized spacial score (nSPS) is 23.5. The first-order chi connectivity index (χ1) is 10.5. The minimum Gasteiger partial charge on any atom is -0.343 e. The quantitative estimate of drug-likeness (QED) is 0.919. The van der Waals surface area contributed by atoms with Crippen molar-refractivity contribution < 1.29 is 9.59 Å². The fourth-order valence-corrected chi connectivity index (χ4v) is 3.82. The maximum Gasteiger partial charge on any atom is 0.253 e. The molecule has 6 heteroatoms. The highest BCUT2D eigenvalue weighted by Crippen LogP contribution is 2.36. The van der Waals surface area contributed by atoms with Gasteiger partial charge in [-0.3, -0.25) is 9.59 Å². The van der Waals surface area contributed by atoms with Crippen LogP contribution >= 0.6 is 23.2 Å². The minimum absolute atomic E-state index is 0.00111. The summed E-state index contributed by atoms with van der Waals surface area (Å²) in [5.74, 6) is 0.880. The number of carbonyl (C=O) groups is 2. The van der Waals surface area contributed by atoms with E-state index in [1.54, 1.807) is 12.1 Å². The van der Waals surface area contributed by atoms with Crippen molar-refractivity contribution in [3.05, 3.63) is 33.8 Å². The molecule has 3 rings (SSSR count). The van der Waals surface area contributed by atoms with Gasteiger partial charge in [-0.1, -0.05) is 23.2 Å². The van der Waals surface area contributed by atoms with Gasteiger partial charge in [0.05, 0.1) is 17.1 Å². The molecule has 1 aromatic rings. The van der Waals surface area contributed by atoms with E-state index in [-0.39, 0.29) is 18.4 Å². The van der Waals surface area contributed by atoms with Crippen molar-refractivity contribution in [2.45, 2.75) is 19.3 Å². The van der Waals surface area contributed by atoms with E-state index in [0.29, 0.717) is 27.4 Å². The zero-order chi connectivity index (χ0) is 15.7. The van der Waals surface area contributed by atoms with Crippen LogP contribution in [0.3, 0.4) is 0 Å². The summed E-state index contributed by atoms with van der Waals surface area (Å²) >= 11 is 11.9. The van der Waals surface area contributed by atoms with Crippen molar-refractivity contribution in [2.75, 3.05) is 19.6 Å². The highest BCUT2D eigenvalue weighted by molar-refractivity contribution is 6.35. The van der Waals surface area contributed by atoms with Crippen LogP contribution in [0.15, 0.2) is 18.2 Å². The molecule has 1 aromatic carbocycles. The fraction of sp³-hybridized carbons (Fsp3) is 0.500. The summed E-state index contributed by atoms with van der Waals surface area (Å²) in [6, 6.07) is 4.70. The van der Waals surface area contributed by atoms with Crippen LogP contribution in [0.25, 0.3) is 0 Å². The number of nitrogens with zero attached hydrogens (tertiary/aromatic N) is 1. The summed E-state index contributed by atoms with van der Waals surface area (Å²) in [6.45, 7) is 1.65. The van der Waals surface area contributed by atoms with E-state index >= 15 is 0 Å². The van der Waals surface area contributed by atoms with E-state index in [2.05, 4.69) is 5.32 Å². The van der Waals surface area contributed by atoms with Crippen LogP contribution in [0.1, 0.15) is 29.6 Å². The molecule has 4 nitrogen and oxygen atoms in total. The van der Waals surface area contributed by atoms with Gasteiger partial charge in [-0.25, -0.2) is 0 Å². The highest BCUT2D eigenvalue weighted by Gasteiger charge is 2.34. The molecule has 2 aliphatic rings. The van der Waals surface area contributed by atoms with Gasteiger partial charge in [0.15, 0.2) is 0 Å². The second-order valence-electron chi connectivity index (χ2n) is 6.15. The number of likely N-dealkylation sites (tertiary alicyclic amines) is 1. The van der Waals surface area contributed by atoms with E-state index in [0.717, 1.165) is 13.1 Å². The van der Waals surface area contributed by atoms with Crippen molar-refractivity contribution in [3.8, 4) is 0 Å². The predicted octanol–water partition coefficient (Wildman–Crippen LogP) is 2.98. The van der Waals surface area contributed by atoms with Crippen molar-refractivity contribution in [3.63, 3.8) is 0 Å². The number of benzene rings is 1. The molecule has 2 atom stereocenters. The zero-order valence-corrected chi connectivity index (χ0v) is 13.7. The predicted molar refractivity (Wildman–Crippen MR) is 86.2 cm³/mol. The standard InChI is InChI=1S/C16H18Cl2N2O2/c17-12-3-4-14(18)13(6-12)16(22)19-7-15(21)20-8-10-1-2-11(5-10)9-20/h3-4,6,10-11H,1-2,5,7-9H2,(H,19,22)/t10-,11+. The van der Waals surface area contributed by atoms with Crippen LogP contribution in [0, 0.1) is 11.8 Å². The first kappa shape index (κ1) is 15.6. The summed E-state index contributed by atoms with van der Waals surface area (Å²) in [7, 11) is 0. The lowest BCUT2D eigenvalue weighted by Crippen LogP contribution is -2.45. The molecule has 1 aliphatic heterocycles.